The number of nitrogens with two attached hydrogens (primary N) is 5. The Labute approximate surface area is 432 Å². The van der Waals surface area contributed by atoms with Gasteiger partial charge in [-0.25, -0.2) is 0 Å². The van der Waals surface area contributed by atoms with E-state index in [1.54, 1.807) is 24.4 Å². The Balaban J connectivity index is 1.76. The number of carbonyl (C=O) groups excluding carboxylic acids is 8. The molecule has 0 radical (unpaired) electrons. The molecule has 27 heteroatoms. The fourth-order valence-corrected chi connectivity index (χ4v) is 8.10. The quantitative estimate of drug-likeness (QED) is 0.0343. The van der Waals surface area contributed by atoms with Crippen LogP contribution in [0, 0.1) is 11.3 Å². The fourth-order valence-electron chi connectivity index (χ4n) is 8.10. The summed E-state index contributed by atoms with van der Waals surface area (Å²) in [6.45, 7) is 0.277. The number of guanidine groups is 2. The topological polar surface area (TPSA) is 468 Å². The van der Waals surface area contributed by atoms with Crippen molar-refractivity contribution in [3.63, 3.8) is 0 Å². The number of benzene rings is 2. The molecule has 0 spiro atoms. The second kappa shape index (κ2) is 30.0. The number of aromatic nitrogens is 1. The van der Waals surface area contributed by atoms with E-state index in [1.165, 1.54) is 19.1 Å². The molecule has 1 aliphatic rings. The highest BCUT2D eigenvalue weighted by Gasteiger charge is 2.35. The maximum Gasteiger partial charge on any atom is 0.245 e. The molecule has 1 fully saturated rings. The van der Waals surface area contributed by atoms with Crippen LogP contribution in [0.1, 0.15) is 75.0 Å². The number of amides is 8. The van der Waals surface area contributed by atoms with Gasteiger partial charge >= 0.3 is 0 Å². The fraction of sp³-hybridized carbons (Fsp3) is 0.479. The Morgan fingerprint density at radius 2 is 1.47 bits per heavy atom. The van der Waals surface area contributed by atoms with Crippen molar-refractivity contribution in [1.82, 2.24) is 47.5 Å². The van der Waals surface area contributed by atoms with Gasteiger partial charge in [-0.1, -0.05) is 30.3 Å². The molecule has 1 aromatic heterocycles. The summed E-state index contributed by atoms with van der Waals surface area (Å²) in [7, 11) is 0. The molecule has 27 nitrogen and oxygen atoms in total. The minimum absolute atomic E-state index is 0.0170. The standard InChI is InChI=1S/C48H69N17O10/c1-26(67)59-33(10-5-19-56-47(51)52)41(70)62-35-16-17-39(68)55-18-4-9-32(40(50)69)60-45(74)37(22-29-24-58-31-8-3-2-7-30(29)31)64-42(71)34(11-6-20-57-48(53)54)61-44(73)36(21-27-12-14-28(23-49)15-13-27)63-46(75)38(25-66)65-43(35)72/h2-3,7-8,12-15,24,32-38,42,58,64,66,71H,4-6,9-11,16-22,25H2,1H3,(H2,50,69)(H,55,68)(H,59,67)(H,60,74)(H,61,73)(H,62,70)(H,63,75)(H,65,72)(H4,51,52,56)(H4,53,54,57)/t32-,33?,34-,35-,36+,37-,38-,42?/m0/s1. The molecule has 2 heterocycles. The molecule has 406 valence electrons. The van der Waals surface area contributed by atoms with Crippen LogP contribution in [0.3, 0.4) is 0 Å². The molecular weight excluding hydrogens is 975 g/mol. The lowest BCUT2D eigenvalue weighted by Gasteiger charge is -2.31. The van der Waals surface area contributed by atoms with Crippen LogP contribution < -0.4 is 71.2 Å². The Morgan fingerprint density at radius 3 is 2.12 bits per heavy atom. The van der Waals surface area contributed by atoms with E-state index in [2.05, 4.69) is 57.5 Å². The van der Waals surface area contributed by atoms with Crippen LogP contribution in [0.15, 0.2) is 64.7 Å². The molecule has 8 amide bonds. The lowest BCUT2D eigenvalue weighted by atomic mass is 10.0. The van der Waals surface area contributed by atoms with Gasteiger partial charge in [-0.05, 0) is 80.7 Å². The third-order valence-corrected chi connectivity index (χ3v) is 12.0. The molecule has 3 aromatic rings. The van der Waals surface area contributed by atoms with Crippen LogP contribution >= 0.6 is 0 Å². The van der Waals surface area contributed by atoms with Crippen LogP contribution in [0.5, 0.6) is 0 Å². The van der Waals surface area contributed by atoms with Crippen molar-refractivity contribution < 1.29 is 48.6 Å². The first-order valence-corrected chi connectivity index (χ1v) is 24.3. The number of rotatable bonds is 17. The third-order valence-electron chi connectivity index (χ3n) is 12.0. The zero-order valence-electron chi connectivity index (χ0n) is 41.6. The molecule has 0 saturated carbocycles. The second-order valence-corrected chi connectivity index (χ2v) is 17.9. The summed E-state index contributed by atoms with van der Waals surface area (Å²) in [6, 6.07) is 5.52. The van der Waals surface area contributed by atoms with Gasteiger partial charge in [0.15, 0.2) is 11.9 Å². The van der Waals surface area contributed by atoms with E-state index in [9.17, 15) is 53.8 Å². The Hall–Kier alpha value is -8.35. The molecule has 1 aliphatic heterocycles. The number of aliphatic imine (C=N–C) groups is 2. The van der Waals surface area contributed by atoms with Crippen LogP contribution in [-0.4, -0.2) is 149 Å². The monoisotopic (exact) mass is 1040 g/mol. The summed E-state index contributed by atoms with van der Waals surface area (Å²) in [5, 5.41) is 53.7. The SMILES string of the molecule is CC(=O)NC(CCCN=C(N)N)C(=O)N[C@H]1CCC(=O)NCCC[C@@H](C(N)=O)NC(=O)[C@H](Cc2c[nH]c3ccccc23)NC(O)[C@H](CCCN=C(N)N)NC(=O)[C@@H](Cc2ccc(C#N)cc2)NC(=O)[C@H](CO)NC1=O. The number of para-hydroxylation sites is 1. The van der Waals surface area contributed by atoms with E-state index in [0.29, 0.717) is 16.7 Å². The Morgan fingerprint density at radius 1 is 0.813 bits per heavy atom. The average Bonchev–Trinajstić information content (AvgIpc) is 3.78. The Kier molecular flexibility index (Phi) is 23.7. The summed E-state index contributed by atoms with van der Waals surface area (Å²) in [5.41, 5.74) is 29.9. The van der Waals surface area contributed by atoms with E-state index in [4.69, 9.17) is 28.7 Å². The predicted octanol–water partition coefficient (Wildman–Crippen LogP) is -4.69. The van der Waals surface area contributed by atoms with Gasteiger partial charge in [-0.2, -0.15) is 5.26 Å². The van der Waals surface area contributed by atoms with Gasteiger partial charge in [0.25, 0.3) is 0 Å². The zero-order valence-corrected chi connectivity index (χ0v) is 41.6. The number of hydrogen-bond donors (Lipinski definition) is 16. The Bertz CT molecular complexity index is 2560. The van der Waals surface area contributed by atoms with Crippen LogP contribution in [0.25, 0.3) is 10.9 Å². The van der Waals surface area contributed by atoms with Gasteiger partial charge in [0.05, 0.1) is 30.3 Å². The zero-order chi connectivity index (χ0) is 55.0. The highest BCUT2D eigenvalue weighted by Crippen LogP contribution is 2.20. The molecule has 0 bridgehead atoms. The maximum atomic E-state index is 14.6. The van der Waals surface area contributed by atoms with Crippen LogP contribution in [-0.2, 0) is 51.2 Å². The highest BCUT2D eigenvalue weighted by molar-refractivity contribution is 5.96. The van der Waals surface area contributed by atoms with Gasteiger partial charge in [0.2, 0.25) is 47.3 Å². The number of nitriles is 1. The van der Waals surface area contributed by atoms with Gasteiger partial charge < -0.3 is 81.1 Å². The second-order valence-electron chi connectivity index (χ2n) is 17.9. The summed E-state index contributed by atoms with van der Waals surface area (Å²) >= 11 is 0. The highest BCUT2D eigenvalue weighted by atomic mass is 16.3. The van der Waals surface area contributed by atoms with Gasteiger partial charge in [-0.3, -0.25) is 53.7 Å². The van der Waals surface area contributed by atoms with Crippen molar-refractivity contribution in [3.05, 3.63) is 71.4 Å². The molecular formula is C48H69N17O10. The number of aromatic amines is 1. The number of nitrogens with zero attached hydrogens (tertiary/aromatic N) is 3. The largest absolute Gasteiger partial charge is 0.394 e. The number of primary amides is 1. The molecule has 0 aliphatic carbocycles. The number of fused-ring (bicyclic) bond motifs is 1. The maximum absolute atomic E-state index is 14.6. The van der Waals surface area contributed by atoms with Crippen molar-refractivity contribution in [3.8, 4) is 6.07 Å². The van der Waals surface area contributed by atoms with E-state index < -0.39 is 102 Å². The number of hydrogen-bond acceptors (Lipinski definition) is 14. The van der Waals surface area contributed by atoms with E-state index in [-0.39, 0.29) is 95.8 Å². The molecule has 21 N–H and O–H groups in total. The molecule has 75 heavy (non-hydrogen) atoms. The summed E-state index contributed by atoms with van der Waals surface area (Å²) < 4.78 is 0. The van der Waals surface area contributed by atoms with E-state index in [1.807, 2.05) is 24.3 Å². The summed E-state index contributed by atoms with van der Waals surface area (Å²) in [4.78, 5) is 120. The van der Waals surface area contributed by atoms with Gasteiger partial charge in [-0.15, -0.1) is 0 Å². The van der Waals surface area contributed by atoms with Crippen LogP contribution in [0.2, 0.25) is 0 Å². The smallest absolute Gasteiger partial charge is 0.245 e. The third kappa shape index (κ3) is 19.9. The lowest BCUT2D eigenvalue weighted by molar-refractivity contribution is -0.135. The van der Waals surface area contributed by atoms with Crippen molar-refractivity contribution in [2.75, 3.05) is 26.2 Å². The number of aliphatic hydroxyl groups is 2. The van der Waals surface area contributed by atoms with Crippen molar-refractivity contribution >= 4 is 70.1 Å². The van der Waals surface area contributed by atoms with E-state index in [0.717, 1.165) is 10.9 Å². The number of carbonyl (C=O) groups is 8. The molecule has 2 unspecified atom stereocenters. The summed E-state index contributed by atoms with van der Waals surface area (Å²) in [5.74, 6) is -7.07. The first-order valence-electron chi connectivity index (χ1n) is 24.3. The minimum Gasteiger partial charge on any atom is -0.394 e. The molecule has 4 rings (SSSR count). The number of H-pyrrole nitrogens is 1. The van der Waals surface area contributed by atoms with Crippen molar-refractivity contribution in [2.24, 2.45) is 38.7 Å². The number of aliphatic hydroxyl groups excluding tert-OH is 2. The van der Waals surface area contributed by atoms with Gasteiger partial charge in [0.1, 0.15) is 36.4 Å². The van der Waals surface area contributed by atoms with Crippen molar-refractivity contribution in [2.45, 2.75) is 120 Å². The minimum atomic E-state index is -1.76. The molecule has 2 aromatic carbocycles. The molecule has 1 saturated heterocycles. The summed E-state index contributed by atoms with van der Waals surface area (Å²) in [6.07, 6.45) is -0.615. The normalized spacial score (nSPS) is 22.1. The first kappa shape index (κ1) is 59.2. The van der Waals surface area contributed by atoms with Crippen LogP contribution in [0.4, 0.5) is 0 Å². The van der Waals surface area contributed by atoms with E-state index >= 15 is 0 Å². The number of nitrogens with one attached hydrogen (secondary N) is 9. The van der Waals surface area contributed by atoms with Crippen molar-refractivity contribution in [1.29, 1.82) is 5.26 Å². The molecule has 8 atom stereocenters. The lowest BCUT2D eigenvalue weighted by Crippen LogP contribution is -2.62. The predicted molar refractivity (Wildman–Crippen MR) is 275 cm³/mol. The first-order chi connectivity index (χ1) is 35.8. The van der Waals surface area contributed by atoms with Gasteiger partial charge in [0, 0.05) is 56.5 Å². The average molecular weight is 1040 g/mol.